The van der Waals surface area contributed by atoms with E-state index in [4.69, 9.17) is 0 Å². The van der Waals surface area contributed by atoms with Crippen LogP contribution in [0.2, 0.25) is 0 Å². The second kappa shape index (κ2) is 4.51. The molecule has 0 bridgehead atoms. The van der Waals surface area contributed by atoms with Gasteiger partial charge in [-0.2, -0.15) is 0 Å². The normalized spacial score (nSPS) is 28.9. The number of nitrogens with zero attached hydrogens (tertiary/aromatic N) is 1. The Morgan fingerprint density at radius 1 is 1.44 bits per heavy atom. The first kappa shape index (κ1) is 13.3. The minimum Gasteiger partial charge on any atom is -0.390 e. The van der Waals surface area contributed by atoms with Gasteiger partial charge in [0.15, 0.2) is 0 Å². The highest BCUT2D eigenvalue weighted by Crippen LogP contribution is 2.25. The number of hydrogen-bond donors (Lipinski definition) is 3. The van der Waals surface area contributed by atoms with E-state index in [1.54, 1.807) is 13.8 Å². The molecule has 2 fully saturated rings. The third-order valence-electron chi connectivity index (χ3n) is 3.58. The summed E-state index contributed by atoms with van der Waals surface area (Å²) in [5, 5.41) is 15.6. The number of nitrogens with one attached hydrogen (secondary N) is 2. The second-order valence-electron chi connectivity index (χ2n) is 5.81. The fourth-order valence-electron chi connectivity index (χ4n) is 2.46. The maximum absolute atomic E-state index is 12.3. The van der Waals surface area contributed by atoms with Crippen molar-refractivity contribution < 1.29 is 14.7 Å². The number of carbonyl (C=O) groups excluding carboxylic acids is 2. The standard InChI is InChI=1S/C12H21N3O3/c1-11(2,18)5-7-15-9(16)12(14-10(15)17)4-3-6-13-8-12/h13,18H,3-8H2,1-2H3,(H,14,17). The van der Waals surface area contributed by atoms with Crippen molar-refractivity contribution in [2.75, 3.05) is 19.6 Å². The van der Waals surface area contributed by atoms with Gasteiger partial charge in [-0.15, -0.1) is 0 Å². The Morgan fingerprint density at radius 2 is 2.17 bits per heavy atom. The van der Waals surface area contributed by atoms with Gasteiger partial charge in [0, 0.05) is 13.1 Å². The van der Waals surface area contributed by atoms with E-state index in [0.29, 0.717) is 19.4 Å². The van der Waals surface area contributed by atoms with Crippen molar-refractivity contribution in [2.45, 2.75) is 44.2 Å². The lowest BCUT2D eigenvalue weighted by Gasteiger charge is -2.31. The number of carbonyl (C=O) groups is 2. The fourth-order valence-corrected chi connectivity index (χ4v) is 2.46. The highest BCUT2D eigenvalue weighted by atomic mass is 16.3. The predicted molar refractivity (Wildman–Crippen MR) is 66.0 cm³/mol. The number of rotatable bonds is 3. The molecule has 0 radical (unpaired) electrons. The minimum atomic E-state index is -0.874. The molecule has 2 aliphatic rings. The Bertz CT molecular complexity index is 356. The van der Waals surface area contributed by atoms with E-state index in [-0.39, 0.29) is 18.5 Å². The highest BCUT2D eigenvalue weighted by Gasteiger charge is 2.51. The third-order valence-corrected chi connectivity index (χ3v) is 3.58. The SMILES string of the molecule is CC(C)(O)CCN1C(=O)NC2(CCCNC2)C1=O. The van der Waals surface area contributed by atoms with Gasteiger partial charge in [-0.05, 0) is 39.7 Å². The molecule has 0 aromatic carbocycles. The number of hydrogen-bond acceptors (Lipinski definition) is 4. The van der Waals surface area contributed by atoms with Crippen molar-refractivity contribution in [1.82, 2.24) is 15.5 Å². The first-order valence-electron chi connectivity index (χ1n) is 6.41. The molecule has 0 aliphatic carbocycles. The van der Waals surface area contributed by atoms with E-state index in [1.807, 2.05) is 0 Å². The molecule has 2 heterocycles. The van der Waals surface area contributed by atoms with E-state index in [2.05, 4.69) is 10.6 Å². The Balaban J connectivity index is 2.05. The van der Waals surface area contributed by atoms with Gasteiger partial charge in [-0.25, -0.2) is 4.79 Å². The maximum Gasteiger partial charge on any atom is 0.325 e. The van der Waals surface area contributed by atoms with Crippen LogP contribution in [0.15, 0.2) is 0 Å². The monoisotopic (exact) mass is 255 g/mol. The molecule has 3 N–H and O–H groups in total. The molecule has 2 rings (SSSR count). The average molecular weight is 255 g/mol. The molecule has 3 amide bonds. The van der Waals surface area contributed by atoms with Gasteiger partial charge in [-0.3, -0.25) is 9.69 Å². The first-order valence-corrected chi connectivity index (χ1v) is 6.41. The van der Waals surface area contributed by atoms with E-state index in [9.17, 15) is 14.7 Å². The molecule has 0 aromatic rings. The molecule has 0 saturated carbocycles. The Morgan fingerprint density at radius 3 is 2.72 bits per heavy atom. The van der Waals surface area contributed by atoms with E-state index in [1.165, 1.54) is 4.90 Å². The van der Waals surface area contributed by atoms with Crippen LogP contribution in [0.4, 0.5) is 4.79 Å². The van der Waals surface area contributed by atoms with Gasteiger partial charge < -0.3 is 15.7 Å². The van der Waals surface area contributed by atoms with E-state index in [0.717, 1.165) is 13.0 Å². The van der Waals surface area contributed by atoms with Crippen LogP contribution < -0.4 is 10.6 Å². The van der Waals surface area contributed by atoms with Crippen molar-refractivity contribution in [1.29, 1.82) is 0 Å². The minimum absolute atomic E-state index is 0.163. The van der Waals surface area contributed by atoms with Crippen LogP contribution in [0.5, 0.6) is 0 Å². The van der Waals surface area contributed by atoms with Crippen molar-refractivity contribution in [2.24, 2.45) is 0 Å². The molecule has 1 atom stereocenters. The Hall–Kier alpha value is -1.14. The van der Waals surface area contributed by atoms with Crippen LogP contribution in [0.25, 0.3) is 0 Å². The van der Waals surface area contributed by atoms with Crippen molar-refractivity contribution >= 4 is 11.9 Å². The number of aliphatic hydroxyl groups is 1. The quantitative estimate of drug-likeness (QED) is 0.611. The summed E-state index contributed by atoms with van der Waals surface area (Å²) in [5.74, 6) is -0.163. The molecular weight excluding hydrogens is 234 g/mol. The summed E-state index contributed by atoms with van der Waals surface area (Å²) in [6.07, 6.45) is 1.95. The van der Waals surface area contributed by atoms with Crippen LogP contribution in [0.3, 0.4) is 0 Å². The lowest BCUT2D eigenvalue weighted by molar-refractivity contribution is -0.132. The van der Waals surface area contributed by atoms with Crippen LogP contribution in [-0.2, 0) is 4.79 Å². The molecule has 0 aromatic heterocycles. The average Bonchev–Trinajstić information content (AvgIpc) is 2.49. The maximum atomic E-state index is 12.3. The predicted octanol–water partition coefficient (Wildman–Crippen LogP) is -0.179. The zero-order chi connectivity index (χ0) is 13.4. The lowest BCUT2D eigenvalue weighted by atomic mass is 9.90. The Kier molecular flexibility index (Phi) is 3.33. The fraction of sp³-hybridized carbons (Fsp3) is 0.833. The lowest BCUT2D eigenvalue weighted by Crippen LogP contribution is -2.57. The van der Waals surface area contributed by atoms with Gasteiger partial charge in [0.2, 0.25) is 0 Å². The zero-order valence-corrected chi connectivity index (χ0v) is 11.0. The van der Waals surface area contributed by atoms with Gasteiger partial charge in [0.05, 0.1) is 5.60 Å². The molecule has 2 saturated heterocycles. The topological polar surface area (TPSA) is 81.7 Å². The molecule has 102 valence electrons. The second-order valence-corrected chi connectivity index (χ2v) is 5.81. The third kappa shape index (κ3) is 2.49. The summed E-state index contributed by atoms with van der Waals surface area (Å²) < 4.78 is 0. The van der Waals surface area contributed by atoms with E-state index >= 15 is 0 Å². The smallest absolute Gasteiger partial charge is 0.325 e. The highest BCUT2D eigenvalue weighted by molar-refractivity contribution is 6.07. The summed E-state index contributed by atoms with van der Waals surface area (Å²) in [7, 11) is 0. The van der Waals surface area contributed by atoms with Gasteiger partial charge >= 0.3 is 6.03 Å². The number of imide groups is 1. The summed E-state index contributed by atoms with van der Waals surface area (Å²) in [4.78, 5) is 25.4. The van der Waals surface area contributed by atoms with Crippen LogP contribution in [0.1, 0.15) is 33.1 Å². The molecule has 1 spiro atoms. The summed E-state index contributed by atoms with van der Waals surface area (Å²) in [6.45, 7) is 4.98. The van der Waals surface area contributed by atoms with Crippen LogP contribution >= 0.6 is 0 Å². The van der Waals surface area contributed by atoms with Crippen molar-refractivity contribution in [3.05, 3.63) is 0 Å². The molecular formula is C12H21N3O3. The largest absolute Gasteiger partial charge is 0.390 e. The van der Waals surface area contributed by atoms with Gasteiger partial charge in [0.1, 0.15) is 5.54 Å². The molecule has 2 aliphatic heterocycles. The number of piperidine rings is 1. The molecule has 6 nitrogen and oxygen atoms in total. The number of amides is 3. The van der Waals surface area contributed by atoms with Gasteiger partial charge in [0.25, 0.3) is 5.91 Å². The first-order chi connectivity index (χ1) is 8.34. The van der Waals surface area contributed by atoms with Crippen molar-refractivity contribution in [3.63, 3.8) is 0 Å². The summed E-state index contributed by atoms with van der Waals surface area (Å²) >= 11 is 0. The molecule has 6 heteroatoms. The Labute approximate surface area is 107 Å². The van der Waals surface area contributed by atoms with Crippen molar-refractivity contribution in [3.8, 4) is 0 Å². The molecule has 1 unspecified atom stereocenters. The van der Waals surface area contributed by atoms with E-state index < -0.39 is 11.1 Å². The van der Waals surface area contributed by atoms with Gasteiger partial charge in [-0.1, -0.05) is 0 Å². The zero-order valence-electron chi connectivity index (χ0n) is 11.0. The van der Waals surface area contributed by atoms with Crippen LogP contribution in [-0.4, -0.2) is 52.7 Å². The number of urea groups is 1. The molecule has 18 heavy (non-hydrogen) atoms. The summed E-state index contributed by atoms with van der Waals surface area (Å²) in [6, 6.07) is -0.340. The summed E-state index contributed by atoms with van der Waals surface area (Å²) in [5.41, 5.74) is -1.63. The van der Waals surface area contributed by atoms with Crippen LogP contribution in [0, 0.1) is 0 Å².